The first-order valence-electron chi connectivity index (χ1n) is 4.95. The first-order valence-corrected chi connectivity index (χ1v) is 6.50. The summed E-state index contributed by atoms with van der Waals surface area (Å²) in [5.74, 6) is 0.525. The van der Waals surface area contributed by atoms with Gasteiger partial charge in [-0.25, -0.2) is 9.97 Å². The summed E-state index contributed by atoms with van der Waals surface area (Å²) in [5.41, 5.74) is 2.73. The second-order valence-corrected chi connectivity index (χ2v) is 5.31. The Morgan fingerprint density at radius 2 is 1.65 bits per heavy atom. The molecule has 0 N–H and O–H groups in total. The molecular formula is C12H9BrCl2N2. The van der Waals surface area contributed by atoms with Crippen LogP contribution in [0.25, 0.3) is 11.4 Å². The van der Waals surface area contributed by atoms with Crippen LogP contribution >= 0.6 is 39.1 Å². The molecule has 0 atom stereocenters. The average molecular weight is 332 g/mol. The third-order valence-corrected chi connectivity index (χ3v) is 3.78. The van der Waals surface area contributed by atoms with E-state index in [9.17, 15) is 0 Å². The van der Waals surface area contributed by atoms with Crippen LogP contribution in [0, 0.1) is 13.8 Å². The van der Waals surface area contributed by atoms with Crippen molar-refractivity contribution in [2.75, 3.05) is 0 Å². The Bertz CT molecular complexity index is 562. The van der Waals surface area contributed by atoms with Crippen LogP contribution in [0.4, 0.5) is 0 Å². The maximum atomic E-state index is 6.00. The molecule has 0 spiro atoms. The van der Waals surface area contributed by atoms with Crippen LogP contribution < -0.4 is 0 Å². The van der Waals surface area contributed by atoms with Crippen molar-refractivity contribution in [2.45, 2.75) is 13.8 Å². The van der Waals surface area contributed by atoms with Crippen LogP contribution in [0.1, 0.15) is 11.1 Å². The van der Waals surface area contributed by atoms with Gasteiger partial charge in [-0.2, -0.15) is 0 Å². The monoisotopic (exact) mass is 330 g/mol. The van der Waals surface area contributed by atoms with Gasteiger partial charge in [0.15, 0.2) is 5.82 Å². The van der Waals surface area contributed by atoms with E-state index >= 15 is 0 Å². The summed E-state index contributed by atoms with van der Waals surface area (Å²) in [6.07, 6.45) is 0. The lowest BCUT2D eigenvalue weighted by Gasteiger charge is -2.07. The summed E-state index contributed by atoms with van der Waals surface area (Å²) in [5, 5.41) is 0.764. The van der Waals surface area contributed by atoms with E-state index in [1.165, 1.54) is 0 Å². The summed E-state index contributed by atoms with van der Waals surface area (Å²) in [4.78, 5) is 8.47. The van der Waals surface area contributed by atoms with Crippen molar-refractivity contribution >= 4 is 39.1 Å². The molecule has 0 amide bonds. The van der Waals surface area contributed by atoms with Crippen molar-refractivity contribution in [1.29, 1.82) is 0 Å². The molecule has 0 bridgehead atoms. The van der Waals surface area contributed by atoms with Gasteiger partial charge >= 0.3 is 0 Å². The van der Waals surface area contributed by atoms with Gasteiger partial charge in [-0.05, 0) is 31.5 Å². The maximum absolute atomic E-state index is 6.00. The zero-order valence-electron chi connectivity index (χ0n) is 9.26. The zero-order chi connectivity index (χ0) is 12.6. The van der Waals surface area contributed by atoms with E-state index in [1.807, 2.05) is 25.1 Å². The Balaban J connectivity index is 2.61. The predicted molar refractivity (Wildman–Crippen MR) is 74.7 cm³/mol. The van der Waals surface area contributed by atoms with Crippen LogP contribution in [0.15, 0.2) is 22.7 Å². The van der Waals surface area contributed by atoms with Crippen LogP contribution in [0.5, 0.6) is 0 Å². The number of halogens is 3. The molecule has 1 aromatic heterocycles. The molecule has 0 aliphatic carbocycles. The van der Waals surface area contributed by atoms with Crippen LogP contribution in [0.2, 0.25) is 10.3 Å². The van der Waals surface area contributed by atoms with Crippen molar-refractivity contribution in [2.24, 2.45) is 0 Å². The van der Waals surface area contributed by atoms with Crippen LogP contribution in [0.3, 0.4) is 0 Å². The Morgan fingerprint density at radius 3 is 2.18 bits per heavy atom. The molecule has 88 valence electrons. The highest BCUT2D eigenvalue weighted by molar-refractivity contribution is 9.10. The van der Waals surface area contributed by atoms with Gasteiger partial charge in [-0.15, -0.1) is 0 Å². The van der Waals surface area contributed by atoms with Gasteiger partial charge in [-0.1, -0.05) is 45.2 Å². The largest absolute Gasteiger partial charge is 0.216 e. The smallest absolute Gasteiger partial charge is 0.163 e. The van der Waals surface area contributed by atoms with Gasteiger partial charge in [0.2, 0.25) is 0 Å². The first kappa shape index (κ1) is 12.8. The fraction of sp³-hybridized carbons (Fsp3) is 0.167. The molecule has 0 radical (unpaired) electrons. The normalized spacial score (nSPS) is 10.6. The molecule has 5 heteroatoms. The van der Waals surface area contributed by atoms with Crippen molar-refractivity contribution < 1.29 is 0 Å². The van der Waals surface area contributed by atoms with Crippen LogP contribution in [-0.4, -0.2) is 9.97 Å². The summed E-state index contributed by atoms with van der Waals surface area (Å²) >= 11 is 15.5. The third kappa shape index (κ3) is 2.62. The minimum absolute atomic E-state index is 0.382. The third-order valence-electron chi connectivity index (χ3n) is 2.39. The molecule has 2 rings (SSSR count). The Morgan fingerprint density at radius 1 is 1.06 bits per heavy atom. The summed E-state index contributed by atoms with van der Waals surface area (Å²) in [6.45, 7) is 3.81. The van der Waals surface area contributed by atoms with Gasteiger partial charge in [0.1, 0.15) is 10.3 Å². The lowest BCUT2D eigenvalue weighted by molar-refractivity contribution is 1.13. The lowest BCUT2D eigenvalue weighted by atomic mass is 10.1. The van der Waals surface area contributed by atoms with E-state index < -0.39 is 0 Å². The highest BCUT2D eigenvalue weighted by Crippen LogP contribution is 2.30. The van der Waals surface area contributed by atoms with E-state index in [4.69, 9.17) is 23.2 Å². The average Bonchev–Trinajstić information content (AvgIpc) is 2.25. The summed E-state index contributed by atoms with van der Waals surface area (Å²) < 4.78 is 0.925. The van der Waals surface area contributed by atoms with E-state index in [1.54, 1.807) is 6.92 Å². The number of benzene rings is 1. The van der Waals surface area contributed by atoms with Gasteiger partial charge in [0.25, 0.3) is 0 Å². The molecular weight excluding hydrogens is 323 g/mol. The van der Waals surface area contributed by atoms with E-state index in [0.717, 1.165) is 15.6 Å². The second-order valence-electron chi connectivity index (χ2n) is 3.74. The molecule has 1 aromatic carbocycles. The summed E-state index contributed by atoms with van der Waals surface area (Å²) in [7, 11) is 0. The molecule has 0 aliphatic rings. The molecule has 2 nitrogen and oxygen atoms in total. The number of hydrogen-bond donors (Lipinski definition) is 0. The van der Waals surface area contributed by atoms with Crippen molar-refractivity contribution in [3.63, 3.8) is 0 Å². The summed E-state index contributed by atoms with van der Waals surface area (Å²) in [6, 6.07) is 5.93. The molecule has 2 aromatic rings. The van der Waals surface area contributed by atoms with Crippen molar-refractivity contribution in [3.8, 4) is 11.4 Å². The highest BCUT2D eigenvalue weighted by Gasteiger charge is 2.11. The quantitative estimate of drug-likeness (QED) is 0.699. The highest BCUT2D eigenvalue weighted by atomic mass is 79.9. The van der Waals surface area contributed by atoms with E-state index in [0.29, 0.717) is 21.7 Å². The van der Waals surface area contributed by atoms with Crippen LogP contribution in [-0.2, 0) is 0 Å². The SMILES string of the molecule is Cc1ccc(-c2nc(Cl)c(C)c(Cl)n2)c(Br)c1. The van der Waals surface area contributed by atoms with E-state index in [2.05, 4.69) is 25.9 Å². The molecule has 1 heterocycles. The van der Waals surface area contributed by atoms with Crippen molar-refractivity contribution in [3.05, 3.63) is 44.1 Å². The number of rotatable bonds is 1. The molecule has 0 aliphatic heterocycles. The molecule has 0 unspecified atom stereocenters. The van der Waals surface area contributed by atoms with Crippen molar-refractivity contribution in [1.82, 2.24) is 9.97 Å². The minimum Gasteiger partial charge on any atom is -0.216 e. The zero-order valence-corrected chi connectivity index (χ0v) is 12.4. The fourth-order valence-corrected chi connectivity index (χ4v) is 2.44. The number of nitrogens with zero attached hydrogens (tertiary/aromatic N) is 2. The van der Waals surface area contributed by atoms with Gasteiger partial charge < -0.3 is 0 Å². The molecule has 17 heavy (non-hydrogen) atoms. The molecule has 0 saturated carbocycles. The Hall–Kier alpha value is -0.640. The lowest BCUT2D eigenvalue weighted by Crippen LogP contribution is -1.94. The van der Waals surface area contributed by atoms with Gasteiger partial charge in [0, 0.05) is 15.6 Å². The molecule has 0 fully saturated rings. The number of hydrogen-bond acceptors (Lipinski definition) is 2. The topological polar surface area (TPSA) is 25.8 Å². The maximum Gasteiger partial charge on any atom is 0.163 e. The minimum atomic E-state index is 0.382. The second kappa shape index (κ2) is 4.92. The van der Waals surface area contributed by atoms with Gasteiger partial charge in [0.05, 0.1) is 0 Å². The first-order chi connectivity index (χ1) is 7.99. The number of aromatic nitrogens is 2. The standard InChI is InChI=1S/C12H9BrCl2N2/c1-6-3-4-8(9(13)5-6)12-16-10(14)7(2)11(15)17-12/h3-5H,1-2H3. The Kier molecular flexibility index (Phi) is 3.71. The number of aryl methyl sites for hydroxylation is 1. The molecule has 0 saturated heterocycles. The fourth-order valence-electron chi connectivity index (χ4n) is 1.39. The Labute approximate surface area is 118 Å². The van der Waals surface area contributed by atoms with Gasteiger partial charge in [-0.3, -0.25) is 0 Å². The predicted octanol–water partition coefficient (Wildman–Crippen LogP) is 4.83. The van der Waals surface area contributed by atoms with E-state index in [-0.39, 0.29) is 0 Å².